The van der Waals surface area contributed by atoms with Gasteiger partial charge in [-0.15, -0.1) is 0 Å². The van der Waals surface area contributed by atoms with Crippen LogP contribution in [-0.2, 0) is 0 Å². The van der Waals surface area contributed by atoms with Gasteiger partial charge >= 0.3 is 6.03 Å². The van der Waals surface area contributed by atoms with E-state index in [0.29, 0.717) is 23.3 Å². The van der Waals surface area contributed by atoms with E-state index in [1.165, 1.54) is 25.3 Å². The fourth-order valence-electron chi connectivity index (χ4n) is 4.57. The largest absolute Gasteiger partial charge is 0.369 e. The number of carbonyl (C=O) groups excluding carboxylic acids is 1. The number of urea groups is 1. The highest BCUT2D eigenvalue weighted by atomic mass is 19.1. The van der Waals surface area contributed by atoms with Gasteiger partial charge in [0.05, 0.1) is 5.69 Å². The predicted molar refractivity (Wildman–Crippen MR) is 114 cm³/mol. The molecule has 2 amide bonds. The van der Waals surface area contributed by atoms with Gasteiger partial charge in [-0.05, 0) is 63.9 Å². The Balaban J connectivity index is 1.55. The van der Waals surface area contributed by atoms with Crippen molar-refractivity contribution in [2.24, 2.45) is 5.92 Å². The van der Waals surface area contributed by atoms with Crippen LogP contribution in [0, 0.1) is 11.7 Å². The predicted octanol–water partition coefficient (Wildman–Crippen LogP) is 4.40. The molecule has 1 aromatic carbocycles. The number of carbonyl (C=O) groups is 1. The van der Waals surface area contributed by atoms with E-state index in [0.717, 1.165) is 45.3 Å². The summed E-state index contributed by atoms with van der Waals surface area (Å²) in [7, 11) is 6.15. The third-order valence-electron chi connectivity index (χ3n) is 6.23. The van der Waals surface area contributed by atoms with Crippen molar-refractivity contribution < 1.29 is 9.18 Å². The number of rotatable bonds is 5. The smallest absolute Gasteiger partial charge is 0.321 e. The summed E-state index contributed by atoms with van der Waals surface area (Å²) in [5.74, 6) is 0.377. The molecule has 0 radical (unpaired) electrons. The van der Waals surface area contributed by atoms with Crippen molar-refractivity contribution in [3.05, 3.63) is 24.0 Å². The molecule has 156 valence electrons. The summed E-state index contributed by atoms with van der Waals surface area (Å²) < 4.78 is 14.7. The number of nitrogens with zero attached hydrogens (tertiary/aromatic N) is 3. The highest BCUT2D eigenvalue weighted by molar-refractivity contribution is 5.89. The van der Waals surface area contributed by atoms with Crippen molar-refractivity contribution in [3.63, 3.8) is 0 Å². The van der Waals surface area contributed by atoms with Crippen molar-refractivity contribution in [2.75, 3.05) is 51.0 Å². The topological polar surface area (TPSA) is 38.8 Å². The van der Waals surface area contributed by atoms with Crippen molar-refractivity contribution in [1.82, 2.24) is 9.80 Å². The van der Waals surface area contributed by atoms with Crippen molar-refractivity contribution in [3.8, 4) is 0 Å². The first-order chi connectivity index (χ1) is 13.4. The lowest BCUT2D eigenvalue weighted by Crippen LogP contribution is -2.42. The van der Waals surface area contributed by atoms with Gasteiger partial charge < -0.3 is 20.0 Å². The summed E-state index contributed by atoms with van der Waals surface area (Å²) in [4.78, 5) is 18.7. The zero-order valence-electron chi connectivity index (χ0n) is 17.6. The molecule has 0 aromatic heterocycles. The molecule has 5 nitrogen and oxygen atoms in total. The van der Waals surface area contributed by atoms with Crippen LogP contribution in [0.3, 0.4) is 0 Å². The molecule has 1 N–H and O–H groups in total. The van der Waals surface area contributed by atoms with Gasteiger partial charge in [0.25, 0.3) is 0 Å². The van der Waals surface area contributed by atoms with Gasteiger partial charge in [0.1, 0.15) is 5.82 Å². The van der Waals surface area contributed by atoms with E-state index in [-0.39, 0.29) is 11.8 Å². The molecule has 0 atom stereocenters. The number of hydrogen-bond acceptors (Lipinski definition) is 3. The Labute approximate surface area is 168 Å². The average Bonchev–Trinajstić information content (AvgIpc) is 2.68. The quantitative estimate of drug-likeness (QED) is 0.810. The normalized spacial score (nSPS) is 19.1. The number of amides is 2. The number of piperidine rings is 1. The first-order valence-corrected chi connectivity index (χ1v) is 10.7. The molecular formula is C22H35FN4O. The van der Waals surface area contributed by atoms with Crippen LogP contribution in [0.2, 0.25) is 0 Å². The molecule has 28 heavy (non-hydrogen) atoms. The lowest BCUT2D eigenvalue weighted by Gasteiger charge is -2.34. The molecule has 1 saturated carbocycles. The number of nitrogens with one attached hydrogen (secondary N) is 1. The van der Waals surface area contributed by atoms with Gasteiger partial charge in [-0.2, -0.15) is 0 Å². The molecule has 2 aliphatic rings. The standard InChI is InChI=1S/C22H35FN4O/c1-25(2)16-17-11-13-27(14-12-17)22(28)24-18-9-10-21(20(23)15-18)26(3)19-7-5-4-6-8-19/h9-10,15,17,19H,4-8,11-14,16H2,1-3H3,(H,24,28). The summed E-state index contributed by atoms with van der Waals surface area (Å²) in [6.07, 6.45) is 8.00. The number of benzene rings is 1. The van der Waals surface area contributed by atoms with Gasteiger partial charge in [0.15, 0.2) is 0 Å². The molecule has 1 heterocycles. The van der Waals surface area contributed by atoms with Gasteiger partial charge in [0.2, 0.25) is 0 Å². The third-order valence-corrected chi connectivity index (χ3v) is 6.23. The summed E-state index contributed by atoms with van der Waals surface area (Å²) in [5.41, 5.74) is 1.15. The first-order valence-electron chi connectivity index (χ1n) is 10.7. The lowest BCUT2D eigenvalue weighted by atomic mass is 9.94. The molecule has 1 saturated heterocycles. The summed E-state index contributed by atoms with van der Waals surface area (Å²) in [6.45, 7) is 2.58. The Morgan fingerprint density at radius 3 is 2.39 bits per heavy atom. The van der Waals surface area contributed by atoms with E-state index in [9.17, 15) is 9.18 Å². The minimum atomic E-state index is -0.268. The summed E-state index contributed by atoms with van der Waals surface area (Å²) in [5, 5.41) is 2.87. The van der Waals surface area contributed by atoms with Crippen molar-refractivity contribution >= 4 is 17.4 Å². The highest BCUT2D eigenvalue weighted by Crippen LogP contribution is 2.29. The summed E-state index contributed by atoms with van der Waals surface area (Å²) in [6, 6.07) is 5.34. The molecule has 0 unspecified atom stereocenters. The zero-order chi connectivity index (χ0) is 20.1. The Morgan fingerprint density at radius 2 is 1.79 bits per heavy atom. The minimum absolute atomic E-state index is 0.129. The Morgan fingerprint density at radius 1 is 1.11 bits per heavy atom. The zero-order valence-corrected chi connectivity index (χ0v) is 17.6. The maximum Gasteiger partial charge on any atom is 0.321 e. The SMILES string of the molecule is CN(C)CC1CCN(C(=O)Nc2ccc(N(C)C3CCCCC3)c(F)c2)CC1. The second kappa shape index (κ2) is 9.59. The van der Waals surface area contributed by atoms with Crippen LogP contribution in [0.1, 0.15) is 44.9 Å². The number of halogens is 1. The molecule has 2 fully saturated rings. The maximum absolute atomic E-state index is 14.7. The highest BCUT2D eigenvalue weighted by Gasteiger charge is 2.24. The van der Waals surface area contributed by atoms with Crippen LogP contribution in [-0.4, -0.2) is 62.7 Å². The monoisotopic (exact) mass is 390 g/mol. The van der Waals surface area contributed by atoms with E-state index < -0.39 is 0 Å². The molecule has 0 bridgehead atoms. The van der Waals surface area contributed by atoms with Crippen LogP contribution >= 0.6 is 0 Å². The number of likely N-dealkylation sites (tertiary alicyclic amines) is 1. The van der Waals surface area contributed by atoms with E-state index in [1.807, 2.05) is 18.0 Å². The third kappa shape index (κ3) is 5.37. The second-order valence-electron chi connectivity index (χ2n) is 8.69. The van der Waals surface area contributed by atoms with Crippen LogP contribution in [0.5, 0.6) is 0 Å². The van der Waals surface area contributed by atoms with Gasteiger partial charge in [-0.25, -0.2) is 9.18 Å². The molecule has 0 spiro atoms. The van der Waals surface area contributed by atoms with Gasteiger partial charge in [-0.1, -0.05) is 19.3 Å². The van der Waals surface area contributed by atoms with Crippen molar-refractivity contribution in [1.29, 1.82) is 0 Å². The average molecular weight is 391 g/mol. The Bertz CT molecular complexity index is 652. The molecule has 1 aromatic rings. The van der Waals surface area contributed by atoms with E-state index in [1.54, 1.807) is 6.07 Å². The Kier molecular flexibility index (Phi) is 7.16. The van der Waals surface area contributed by atoms with Gasteiger partial charge in [0, 0.05) is 38.4 Å². The fourth-order valence-corrected chi connectivity index (χ4v) is 4.57. The second-order valence-corrected chi connectivity index (χ2v) is 8.69. The summed E-state index contributed by atoms with van der Waals surface area (Å²) >= 11 is 0. The first kappa shape index (κ1) is 20.9. The van der Waals surface area contributed by atoms with E-state index in [4.69, 9.17) is 0 Å². The van der Waals surface area contributed by atoms with Gasteiger partial charge in [-0.3, -0.25) is 0 Å². The number of hydrogen-bond donors (Lipinski definition) is 1. The van der Waals surface area contributed by atoms with E-state index in [2.05, 4.69) is 29.2 Å². The molecule has 6 heteroatoms. The fraction of sp³-hybridized carbons (Fsp3) is 0.682. The molecule has 3 rings (SSSR count). The van der Waals surface area contributed by atoms with E-state index >= 15 is 0 Å². The van der Waals surface area contributed by atoms with Crippen LogP contribution in [0.25, 0.3) is 0 Å². The maximum atomic E-state index is 14.7. The Hall–Kier alpha value is -1.82. The van der Waals surface area contributed by atoms with Crippen LogP contribution in [0.4, 0.5) is 20.6 Å². The molecular weight excluding hydrogens is 355 g/mol. The molecule has 1 aliphatic carbocycles. The molecule has 1 aliphatic heterocycles. The minimum Gasteiger partial charge on any atom is -0.369 e. The van der Waals surface area contributed by atoms with Crippen molar-refractivity contribution in [2.45, 2.75) is 51.0 Å². The lowest BCUT2D eigenvalue weighted by molar-refractivity contribution is 0.170. The number of anilines is 2. The van der Waals surface area contributed by atoms with Crippen LogP contribution < -0.4 is 10.2 Å². The van der Waals surface area contributed by atoms with Crippen LogP contribution in [0.15, 0.2) is 18.2 Å².